The van der Waals surface area contributed by atoms with Crippen LogP contribution in [0.5, 0.6) is 0 Å². The lowest BCUT2D eigenvalue weighted by molar-refractivity contribution is 0.547. The van der Waals surface area contributed by atoms with E-state index in [1.807, 2.05) is 0 Å². The summed E-state index contributed by atoms with van der Waals surface area (Å²) in [6, 6.07) is 0. The van der Waals surface area contributed by atoms with E-state index in [4.69, 9.17) is 0 Å². The summed E-state index contributed by atoms with van der Waals surface area (Å²) in [5.41, 5.74) is 0. The van der Waals surface area contributed by atoms with E-state index in [1.165, 1.54) is 6.42 Å². The van der Waals surface area contributed by atoms with E-state index in [-0.39, 0.29) is 0 Å². The Morgan fingerprint density at radius 3 is 2.10 bits per heavy atom. The van der Waals surface area contributed by atoms with Crippen LogP contribution in [0.25, 0.3) is 0 Å². The molecule has 0 aliphatic heterocycles. The second-order valence-corrected chi connectivity index (χ2v) is 6.98. The van der Waals surface area contributed by atoms with Gasteiger partial charge in [0.1, 0.15) is 11.6 Å². The normalized spacial score (nSPS) is 11.7. The third-order valence-corrected chi connectivity index (χ3v) is 3.40. The van der Waals surface area contributed by atoms with Gasteiger partial charge in [0.05, 0.1) is 0 Å². The second-order valence-electron chi connectivity index (χ2n) is 6.98. The van der Waals surface area contributed by atoms with Crippen molar-refractivity contribution in [1.82, 2.24) is 15.0 Å². The molecule has 0 radical (unpaired) electrons. The van der Waals surface area contributed by atoms with Crippen molar-refractivity contribution in [2.75, 3.05) is 11.9 Å². The Bertz CT molecular complexity index is 381. The Balaban J connectivity index is 2.70. The molecule has 0 saturated heterocycles. The molecule has 0 aliphatic carbocycles. The third-order valence-electron chi connectivity index (χ3n) is 3.40. The van der Waals surface area contributed by atoms with E-state index in [9.17, 15) is 0 Å². The van der Waals surface area contributed by atoms with Crippen LogP contribution >= 0.6 is 0 Å². The minimum Gasteiger partial charge on any atom is -0.354 e. The minimum absolute atomic E-state index is 0.336. The highest BCUT2D eigenvalue weighted by molar-refractivity contribution is 5.25. The van der Waals surface area contributed by atoms with Crippen LogP contribution in [0.1, 0.15) is 78.4 Å². The maximum atomic E-state index is 4.61. The molecule has 0 atom stereocenters. The predicted octanol–water partition coefficient (Wildman–Crippen LogP) is 4.43. The largest absolute Gasteiger partial charge is 0.354 e. The van der Waals surface area contributed by atoms with Crippen molar-refractivity contribution in [2.24, 2.45) is 11.8 Å². The zero-order valence-electron chi connectivity index (χ0n) is 14.6. The molecule has 1 aromatic heterocycles. The van der Waals surface area contributed by atoms with Gasteiger partial charge in [-0.25, -0.2) is 4.98 Å². The number of hydrogen-bond donors (Lipinski definition) is 1. The average molecular weight is 292 g/mol. The Morgan fingerprint density at radius 1 is 0.857 bits per heavy atom. The van der Waals surface area contributed by atoms with Gasteiger partial charge >= 0.3 is 0 Å². The number of nitrogens with one attached hydrogen (secondary N) is 1. The Hall–Kier alpha value is -1.19. The van der Waals surface area contributed by atoms with Gasteiger partial charge in [-0.05, 0) is 24.7 Å². The zero-order valence-corrected chi connectivity index (χ0v) is 14.6. The molecular formula is C17H32N4. The molecule has 0 unspecified atom stereocenters. The molecule has 0 bridgehead atoms. The molecule has 0 spiro atoms. The first kappa shape index (κ1) is 17.9. The molecule has 0 saturated carbocycles. The topological polar surface area (TPSA) is 50.7 Å². The van der Waals surface area contributed by atoms with Crippen molar-refractivity contribution in [3.63, 3.8) is 0 Å². The highest BCUT2D eigenvalue weighted by Crippen LogP contribution is 2.14. The molecule has 1 aromatic rings. The summed E-state index contributed by atoms with van der Waals surface area (Å²) in [5, 5.41) is 3.35. The van der Waals surface area contributed by atoms with Gasteiger partial charge in [0, 0.05) is 18.9 Å². The van der Waals surface area contributed by atoms with Gasteiger partial charge in [-0.1, -0.05) is 48.0 Å². The third kappa shape index (κ3) is 7.39. The minimum atomic E-state index is 0.336. The summed E-state index contributed by atoms with van der Waals surface area (Å²) >= 11 is 0. The lowest BCUT2D eigenvalue weighted by atomic mass is 10.1. The van der Waals surface area contributed by atoms with E-state index in [1.54, 1.807) is 0 Å². The molecule has 0 aromatic carbocycles. The van der Waals surface area contributed by atoms with Crippen molar-refractivity contribution in [2.45, 2.75) is 73.1 Å². The van der Waals surface area contributed by atoms with E-state index in [2.05, 4.69) is 61.8 Å². The number of aromatic nitrogens is 3. The molecule has 1 heterocycles. The Labute approximate surface area is 130 Å². The molecule has 1 rings (SSSR count). The molecule has 120 valence electrons. The SMILES string of the molecule is CC(C)CCCc1nc(NCCC(C)C)nc(C(C)C)n1. The number of aryl methyl sites for hydroxylation is 1. The molecule has 4 nitrogen and oxygen atoms in total. The lowest BCUT2D eigenvalue weighted by Crippen LogP contribution is -2.13. The second kappa shape index (κ2) is 8.96. The van der Waals surface area contributed by atoms with Crippen LogP contribution in [0.2, 0.25) is 0 Å². The summed E-state index contributed by atoms with van der Waals surface area (Å²) in [5.74, 6) is 4.34. The fraction of sp³-hybridized carbons (Fsp3) is 0.824. The molecular weight excluding hydrogens is 260 g/mol. The van der Waals surface area contributed by atoms with Crippen LogP contribution < -0.4 is 5.32 Å². The van der Waals surface area contributed by atoms with E-state index >= 15 is 0 Å². The molecule has 1 N–H and O–H groups in total. The molecule has 0 amide bonds. The number of hydrogen-bond acceptors (Lipinski definition) is 4. The van der Waals surface area contributed by atoms with Gasteiger partial charge in [0.15, 0.2) is 0 Å². The monoisotopic (exact) mass is 292 g/mol. The fourth-order valence-corrected chi connectivity index (χ4v) is 2.03. The maximum Gasteiger partial charge on any atom is 0.226 e. The van der Waals surface area contributed by atoms with E-state index < -0.39 is 0 Å². The van der Waals surface area contributed by atoms with Crippen LogP contribution in [-0.2, 0) is 6.42 Å². The zero-order chi connectivity index (χ0) is 15.8. The predicted molar refractivity (Wildman–Crippen MR) is 89.6 cm³/mol. The first-order valence-electron chi connectivity index (χ1n) is 8.37. The van der Waals surface area contributed by atoms with Gasteiger partial charge in [-0.2, -0.15) is 9.97 Å². The summed E-state index contributed by atoms with van der Waals surface area (Å²) in [4.78, 5) is 13.7. The quantitative estimate of drug-likeness (QED) is 0.731. The number of nitrogens with zero attached hydrogens (tertiary/aromatic N) is 3. The maximum absolute atomic E-state index is 4.61. The number of rotatable bonds is 9. The molecule has 0 fully saturated rings. The van der Waals surface area contributed by atoms with Crippen molar-refractivity contribution >= 4 is 5.95 Å². The fourth-order valence-electron chi connectivity index (χ4n) is 2.03. The Morgan fingerprint density at radius 2 is 1.52 bits per heavy atom. The van der Waals surface area contributed by atoms with Gasteiger partial charge in [-0.15, -0.1) is 0 Å². The van der Waals surface area contributed by atoms with Crippen molar-refractivity contribution < 1.29 is 0 Å². The average Bonchev–Trinajstić information content (AvgIpc) is 2.37. The van der Waals surface area contributed by atoms with E-state index in [0.29, 0.717) is 11.8 Å². The lowest BCUT2D eigenvalue weighted by Gasteiger charge is -2.12. The summed E-state index contributed by atoms with van der Waals surface area (Å²) in [6.45, 7) is 14.1. The summed E-state index contributed by atoms with van der Waals surface area (Å²) in [6.07, 6.45) is 4.44. The first-order valence-corrected chi connectivity index (χ1v) is 8.37. The van der Waals surface area contributed by atoms with Gasteiger partial charge < -0.3 is 5.32 Å². The van der Waals surface area contributed by atoms with Crippen LogP contribution in [0.4, 0.5) is 5.95 Å². The first-order chi connectivity index (χ1) is 9.88. The van der Waals surface area contributed by atoms with Crippen LogP contribution in [0.15, 0.2) is 0 Å². The van der Waals surface area contributed by atoms with Crippen LogP contribution in [0.3, 0.4) is 0 Å². The summed E-state index contributed by atoms with van der Waals surface area (Å²) < 4.78 is 0. The molecule has 4 heteroatoms. The number of anilines is 1. The van der Waals surface area contributed by atoms with Gasteiger partial charge in [0.2, 0.25) is 5.95 Å². The highest BCUT2D eigenvalue weighted by Gasteiger charge is 2.10. The standard InChI is InChI=1S/C17H32N4/c1-12(2)8-7-9-15-19-16(14(5)6)21-17(20-15)18-11-10-13(3)4/h12-14H,7-11H2,1-6H3,(H,18,19,20,21). The van der Waals surface area contributed by atoms with Crippen molar-refractivity contribution in [1.29, 1.82) is 0 Å². The van der Waals surface area contributed by atoms with Gasteiger partial charge in [-0.3, -0.25) is 0 Å². The smallest absolute Gasteiger partial charge is 0.226 e. The van der Waals surface area contributed by atoms with Crippen molar-refractivity contribution in [3.8, 4) is 0 Å². The summed E-state index contributed by atoms with van der Waals surface area (Å²) in [7, 11) is 0. The van der Waals surface area contributed by atoms with Gasteiger partial charge in [0.25, 0.3) is 0 Å². The molecule has 0 aliphatic rings. The molecule has 21 heavy (non-hydrogen) atoms. The Kier molecular flexibility index (Phi) is 7.62. The van der Waals surface area contributed by atoms with Crippen molar-refractivity contribution in [3.05, 3.63) is 11.6 Å². The van der Waals surface area contributed by atoms with E-state index in [0.717, 1.165) is 49.3 Å². The van der Waals surface area contributed by atoms with Crippen LogP contribution in [0, 0.1) is 11.8 Å². The highest BCUT2D eigenvalue weighted by atomic mass is 15.2. The van der Waals surface area contributed by atoms with Crippen LogP contribution in [-0.4, -0.2) is 21.5 Å².